The van der Waals surface area contributed by atoms with Crippen LogP contribution in [0.4, 0.5) is 8.78 Å². The van der Waals surface area contributed by atoms with E-state index in [9.17, 15) is 23.2 Å². The average Bonchev–Trinajstić information content (AvgIpc) is 2.91. The molecule has 2 bridgehead atoms. The molecule has 9 nitrogen and oxygen atoms in total. The Bertz CT molecular complexity index is 1270. The van der Waals surface area contributed by atoms with Gasteiger partial charge in [0.1, 0.15) is 29.2 Å². The standard InChI is InChI=1S/C27H29Cl2F2N3O6/c1-32-13-25(37)40-22-12-26(33-23(35)14-38-16-2-4-18(28)20(30)10-16)6-8-27(22,9-7-26)34-24(36)15-39-17-3-5-19(29)21(31)11-17/h2-5,10-11,22,32H,6-9,12-15H2,1H3,(H,33,35)(H,34,36)/t22-,26?,27?/m1/s1. The summed E-state index contributed by atoms with van der Waals surface area (Å²) in [6.07, 6.45) is 1.42. The van der Waals surface area contributed by atoms with Crippen LogP contribution in [0, 0.1) is 11.6 Å². The van der Waals surface area contributed by atoms with Crippen molar-refractivity contribution in [1.29, 1.82) is 0 Å². The number of benzene rings is 2. The summed E-state index contributed by atoms with van der Waals surface area (Å²) in [5.41, 5.74) is -1.54. The van der Waals surface area contributed by atoms with E-state index in [2.05, 4.69) is 16.0 Å². The van der Waals surface area contributed by atoms with Crippen molar-refractivity contribution in [2.75, 3.05) is 26.8 Å². The number of carbonyl (C=O) groups is 3. The van der Waals surface area contributed by atoms with Crippen molar-refractivity contribution in [3.8, 4) is 11.5 Å². The Morgan fingerprint density at radius 3 is 1.90 bits per heavy atom. The van der Waals surface area contributed by atoms with Gasteiger partial charge in [0.05, 0.1) is 22.1 Å². The molecule has 0 radical (unpaired) electrons. The summed E-state index contributed by atoms with van der Waals surface area (Å²) in [6.45, 7) is -0.765. The summed E-state index contributed by atoms with van der Waals surface area (Å²) >= 11 is 11.4. The monoisotopic (exact) mass is 599 g/mol. The largest absolute Gasteiger partial charge is 0.484 e. The maximum absolute atomic E-state index is 13.7. The number of ether oxygens (including phenoxy) is 3. The molecule has 0 aromatic heterocycles. The molecule has 2 aromatic carbocycles. The first-order chi connectivity index (χ1) is 19.0. The number of fused-ring (bicyclic) bond motifs is 3. The van der Waals surface area contributed by atoms with Gasteiger partial charge in [0.25, 0.3) is 11.8 Å². The molecule has 40 heavy (non-hydrogen) atoms. The first-order valence-corrected chi connectivity index (χ1v) is 13.4. The molecular weight excluding hydrogens is 571 g/mol. The van der Waals surface area contributed by atoms with Crippen LogP contribution in [0.15, 0.2) is 36.4 Å². The zero-order valence-electron chi connectivity index (χ0n) is 21.7. The highest BCUT2D eigenvalue weighted by atomic mass is 35.5. The summed E-state index contributed by atoms with van der Waals surface area (Å²) in [4.78, 5) is 38.1. The van der Waals surface area contributed by atoms with Gasteiger partial charge in [0.15, 0.2) is 13.2 Å². The molecule has 13 heteroatoms. The first kappa shape index (κ1) is 29.8. The van der Waals surface area contributed by atoms with Crippen molar-refractivity contribution in [1.82, 2.24) is 16.0 Å². The van der Waals surface area contributed by atoms with Gasteiger partial charge in [-0.2, -0.15) is 0 Å². The van der Waals surface area contributed by atoms with Crippen LogP contribution in [0.1, 0.15) is 32.1 Å². The second-order valence-electron chi connectivity index (χ2n) is 9.97. The van der Waals surface area contributed by atoms with Crippen LogP contribution < -0.4 is 25.4 Å². The fraction of sp³-hybridized carbons (Fsp3) is 0.444. The molecule has 0 spiro atoms. The van der Waals surface area contributed by atoms with E-state index >= 15 is 0 Å². The lowest BCUT2D eigenvalue weighted by Crippen LogP contribution is -2.71. The van der Waals surface area contributed by atoms with Crippen LogP contribution >= 0.6 is 23.2 Å². The molecule has 3 N–H and O–H groups in total. The number of amides is 2. The summed E-state index contributed by atoms with van der Waals surface area (Å²) < 4.78 is 44.0. The quantitative estimate of drug-likeness (QED) is 0.338. The van der Waals surface area contributed by atoms with E-state index in [-0.39, 0.29) is 47.7 Å². The van der Waals surface area contributed by atoms with Gasteiger partial charge >= 0.3 is 5.97 Å². The molecule has 216 valence electrons. The Hall–Kier alpha value is -3.15. The number of halogens is 4. The second-order valence-corrected chi connectivity index (χ2v) is 10.8. The van der Waals surface area contributed by atoms with Crippen molar-refractivity contribution in [2.24, 2.45) is 0 Å². The summed E-state index contributed by atoms with van der Waals surface area (Å²) in [7, 11) is 1.61. The van der Waals surface area contributed by atoms with Crippen LogP contribution in [0.5, 0.6) is 11.5 Å². The third-order valence-electron chi connectivity index (χ3n) is 7.20. The van der Waals surface area contributed by atoms with E-state index in [0.717, 1.165) is 12.1 Å². The molecule has 2 amide bonds. The van der Waals surface area contributed by atoms with Gasteiger partial charge in [-0.3, -0.25) is 14.4 Å². The highest BCUT2D eigenvalue weighted by Gasteiger charge is 2.57. The molecule has 0 heterocycles. The fourth-order valence-electron chi connectivity index (χ4n) is 5.21. The Morgan fingerprint density at radius 2 is 1.40 bits per heavy atom. The van der Waals surface area contributed by atoms with Gasteiger partial charge in [0, 0.05) is 24.1 Å². The van der Waals surface area contributed by atoms with Gasteiger partial charge in [-0.05, 0) is 57.0 Å². The van der Waals surface area contributed by atoms with Crippen molar-refractivity contribution in [3.63, 3.8) is 0 Å². The van der Waals surface area contributed by atoms with Gasteiger partial charge in [-0.1, -0.05) is 23.2 Å². The summed E-state index contributed by atoms with van der Waals surface area (Å²) in [5, 5.41) is 8.60. The van der Waals surface area contributed by atoms with E-state index in [4.69, 9.17) is 37.4 Å². The third kappa shape index (κ3) is 7.13. The van der Waals surface area contributed by atoms with Crippen molar-refractivity contribution in [2.45, 2.75) is 49.3 Å². The minimum absolute atomic E-state index is 0.0311. The number of likely N-dealkylation sites (N-methyl/N-ethyl adjacent to an activating group) is 1. The zero-order chi connectivity index (χ0) is 28.9. The number of rotatable bonds is 11. The maximum Gasteiger partial charge on any atom is 0.320 e. The molecule has 0 aliphatic heterocycles. The molecule has 3 aliphatic rings. The molecule has 3 saturated carbocycles. The molecule has 2 aromatic rings. The predicted molar refractivity (Wildman–Crippen MR) is 142 cm³/mol. The smallest absolute Gasteiger partial charge is 0.320 e. The Morgan fingerprint density at radius 1 is 0.875 bits per heavy atom. The Kier molecular flexibility index (Phi) is 9.37. The zero-order valence-corrected chi connectivity index (χ0v) is 23.2. The number of nitrogens with one attached hydrogen (secondary N) is 3. The molecular formula is C27H29Cl2F2N3O6. The van der Waals surface area contributed by atoms with Gasteiger partial charge < -0.3 is 30.2 Å². The van der Waals surface area contributed by atoms with E-state index in [1.54, 1.807) is 7.05 Å². The lowest BCUT2D eigenvalue weighted by molar-refractivity contribution is -0.165. The predicted octanol–water partition coefficient (Wildman–Crippen LogP) is 3.55. The highest BCUT2D eigenvalue weighted by Crippen LogP contribution is 2.48. The van der Waals surface area contributed by atoms with E-state index in [1.807, 2.05) is 0 Å². The number of carbonyl (C=O) groups excluding carboxylic acids is 3. The van der Waals surface area contributed by atoms with Gasteiger partial charge in [0.2, 0.25) is 0 Å². The molecule has 0 unspecified atom stereocenters. The average molecular weight is 600 g/mol. The van der Waals surface area contributed by atoms with Crippen LogP contribution in [0.3, 0.4) is 0 Å². The summed E-state index contributed by atoms with van der Waals surface area (Å²) in [5.74, 6) is -2.41. The van der Waals surface area contributed by atoms with Crippen LogP contribution in [0.25, 0.3) is 0 Å². The Balaban J connectivity index is 1.39. The third-order valence-corrected chi connectivity index (χ3v) is 7.81. The maximum atomic E-state index is 13.7. The number of hydrogen-bond acceptors (Lipinski definition) is 7. The summed E-state index contributed by atoms with van der Waals surface area (Å²) in [6, 6.07) is 7.75. The fourth-order valence-corrected chi connectivity index (χ4v) is 5.44. The molecule has 0 saturated heterocycles. The van der Waals surface area contributed by atoms with E-state index < -0.39 is 46.6 Å². The minimum Gasteiger partial charge on any atom is -0.484 e. The molecule has 1 atom stereocenters. The number of hydrogen-bond donors (Lipinski definition) is 3. The van der Waals surface area contributed by atoms with E-state index in [0.29, 0.717) is 25.7 Å². The van der Waals surface area contributed by atoms with Gasteiger partial charge in [-0.25, -0.2) is 8.78 Å². The normalized spacial score (nSPS) is 23.3. The lowest BCUT2D eigenvalue weighted by Gasteiger charge is -2.57. The number of esters is 1. The topological polar surface area (TPSA) is 115 Å². The minimum atomic E-state index is -0.862. The van der Waals surface area contributed by atoms with Gasteiger partial charge in [-0.15, -0.1) is 0 Å². The molecule has 3 fully saturated rings. The Labute approximate surface area is 239 Å². The highest BCUT2D eigenvalue weighted by molar-refractivity contribution is 6.31. The second kappa shape index (κ2) is 12.6. The van der Waals surface area contributed by atoms with E-state index in [1.165, 1.54) is 24.3 Å². The van der Waals surface area contributed by atoms with Crippen LogP contribution in [-0.4, -0.2) is 61.8 Å². The molecule has 3 aliphatic carbocycles. The van der Waals surface area contributed by atoms with Crippen molar-refractivity contribution in [3.05, 3.63) is 58.1 Å². The SMILES string of the molecule is CNCC(=O)O[C@@H]1CC2(NC(=O)COc3ccc(Cl)c(F)c3)CCC1(NC(=O)COc1ccc(Cl)c(F)c1)CC2. The van der Waals surface area contributed by atoms with Crippen molar-refractivity contribution < 1.29 is 37.4 Å². The lowest BCUT2D eigenvalue weighted by atomic mass is 9.59. The van der Waals surface area contributed by atoms with Crippen molar-refractivity contribution >= 4 is 41.0 Å². The first-order valence-electron chi connectivity index (χ1n) is 12.6. The van der Waals surface area contributed by atoms with Crippen LogP contribution in [0.2, 0.25) is 10.0 Å². The van der Waals surface area contributed by atoms with Crippen LogP contribution in [-0.2, 0) is 19.1 Å². The molecule has 5 rings (SSSR count).